The van der Waals surface area contributed by atoms with Crippen molar-refractivity contribution in [2.45, 2.75) is 0 Å². The summed E-state index contributed by atoms with van der Waals surface area (Å²) in [4.78, 5) is 2.01. The lowest BCUT2D eigenvalue weighted by molar-refractivity contribution is -0.698. The molecule has 0 fully saturated rings. The maximum absolute atomic E-state index is 12.1. The van der Waals surface area contributed by atoms with Crippen molar-refractivity contribution in [2.75, 3.05) is 19.0 Å². The van der Waals surface area contributed by atoms with Crippen LogP contribution in [0.4, 0.5) is 17.1 Å². The molecule has 3 nitrogen and oxygen atoms in total. The van der Waals surface area contributed by atoms with Crippen LogP contribution in [-0.4, -0.2) is 14.1 Å². The molecule has 0 aliphatic carbocycles. The van der Waals surface area contributed by atoms with E-state index in [1.54, 1.807) is 0 Å². The van der Waals surface area contributed by atoms with E-state index in [0.717, 1.165) is 17.1 Å². The molecule has 0 aromatic heterocycles. The molecule has 0 saturated heterocycles. The van der Waals surface area contributed by atoms with Gasteiger partial charge in [0.2, 0.25) is 0 Å². The van der Waals surface area contributed by atoms with Gasteiger partial charge in [-0.3, -0.25) is 0 Å². The summed E-state index contributed by atoms with van der Waals surface area (Å²) in [6, 6.07) is 17.0. The predicted octanol–water partition coefficient (Wildman–Crippen LogP) is 2.10. The lowest BCUT2D eigenvalue weighted by Crippen LogP contribution is -2.96. The summed E-state index contributed by atoms with van der Waals surface area (Å²) in [7, 11) is 3.96. The smallest absolute Gasteiger partial charge is 0.136 e. The Balaban J connectivity index is 2.23. The van der Waals surface area contributed by atoms with Gasteiger partial charge in [0.05, 0.1) is 0 Å². The van der Waals surface area contributed by atoms with E-state index in [0.29, 0.717) is 0 Å². The van der Waals surface area contributed by atoms with Crippen LogP contribution in [0.1, 0.15) is 0 Å². The Hall–Kier alpha value is -1.84. The molecule has 88 valence electrons. The summed E-state index contributed by atoms with van der Waals surface area (Å²) in [5, 5.41) is 12.2. The van der Waals surface area contributed by atoms with Gasteiger partial charge in [-0.05, 0) is 24.3 Å². The monoisotopic (exact) mass is 228 g/mol. The van der Waals surface area contributed by atoms with Crippen LogP contribution in [0, 0.1) is 5.21 Å². The lowest BCUT2D eigenvalue weighted by Gasteiger charge is -2.22. The number of para-hydroxylation sites is 1. The average molecular weight is 228 g/mol. The van der Waals surface area contributed by atoms with E-state index in [-0.39, 0.29) is 5.06 Å². The van der Waals surface area contributed by atoms with Crippen LogP contribution in [-0.2, 0) is 0 Å². The van der Waals surface area contributed by atoms with Gasteiger partial charge in [-0.25, -0.2) is 0 Å². The van der Waals surface area contributed by atoms with Gasteiger partial charge in [0, 0.05) is 31.9 Å². The zero-order chi connectivity index (χ0) is 12.3. The quantitative estimate of drug-likeness (QED) is 0.815. The summed E-state index contributed by atoms with van der Waals surface area (Å²) in [5.41, 5.74) is 2.54. The molecule has 2 rings (SSSR count). The maximum atomic E-state index is 12.1. The highest BCUT2D eigenvalue weighted by Crippen LogP contribution is 2.14. The van der Waals surface area contributed by atoms with Gasteiger partial charge in [-0.15, -0.1) is 0 Å². The van der Waals surface area contributed by atoms with Crippen LogP contribution >= 0.6 is 0 Å². The molecule has 0 radical (unpaired) electrons. The first-order chi connectivity index (χ1) is 8.18. The van der Waals surface area contributed by atoms with Gasteiger partial charge in [0.1, 0.15) is 11.4 Å². The molecular weight excluding hydrogens is 212 g/mol. The van der Waals surface area contributed by atoms with E-state index in [9.17, 15) is 5.21 Å². The van der Waals surface area contributed by atoms with Crippen molar-refractivity contribution in [3.63, 3.8) is 0 Å². The normalized spacial score (nSPS) is 12.2. The number of hydrogen-bond acceptors (Lipinski definition) is 2. The Morgan fingerprint density at radius 2 is 1.35 bits per heavy atom. The molecule has 3 heteroatoms. The van der Waals surface area contributed by atoms with Gasteiger partial charge < -0.3 is 15.2 Å². The summed E-state index contributed by atoms with van der Waals surface area (Å²) >= 11 is 0. The van der Waals surface area contributed by atoms with Crippen LogP contribution in [0.3, 0.4) is 0 Å². The lowest BCUT2D eigenvalue weighted by atomic mass is 10.2. The molecule has 0 spiro atoms. The van der Waals surface area contributed by atoms with Crippen molar-refractivity contribution in [2.24, 2.45) is 0 Å². The molecule has 2 aromatic rings. The first-order valence-corrected chi connectivity index (χ1v) is 5.55. The fourth-order valence-corrected chi connectivity index (χ4v) is 1.67. The number of rotatable bonds is 3. The molecule has 0 saturated carbocycles. The second-order valence-corrected chi connectivity index (χ2v) is 4.14. The fraction of sp³-hybridized carbons (Fsp3) is 0.143. The average Bonchev–Trinajstić information content (AvgIpc) is 2.39. The van der Waals surface area contributed by atoms with Crippen LogP contribution in [0.5, 0.6) is 0 Å². The highest BCUT2D eigenvalue weighted by atomic mass is 16.5. The third-order valence-corrected chi connectivity index (χ3v) is 2.68. The van der Waals surface area contributed by atoms with E-state index >= 15 is 0 Å². The predicted molar refractivity (Wildman–Crippen MR) is 70.9 cm³/mol. The molecule has 2 aromatic carbocycles. The van der Waals surface area contributed by atoms with Gasteiger partial charge in [0.15, 0.2) is 0 Å². The molecule has 0 amide bonds. The van der Waals surface area contributed by atoms with Crippen molar-refractivity contribution in [1.29, 1.82) is 0 Å². The molecule has 1 N–H and O–H groups in total. The molecule has 17 heavy (non-hydrogen) atoms. The summed E-state index contributed by atoms with van der Waals surface area (Å²) in [6.07, 6.45) is 0. The zero-order valence-electron chi connectivity index (χ0n) is 10.1. The minimum atomic E-state index is 0.0657. The summed E-state index contributed by atoms with van der Waals surface area (Å²) in [5.74, 6) is 0. The Morgan fingerprint density at radius 1 is 0.824 bits per heavy atom. The molecule has 0 aliphatic heterocycles. The molecule has 0 aliphatic rings. The van der Waals surface area contributed by atoms with Gasteiger partial charge in [-0.1, -0.05) is 18.2 Å². The fourth-order valence-electron chi connectivity index (χ4n) is 1.67. The molecular formula is C14H16N2O. The Labute approximate surface area is 101 Å². The molecule has 1 unspecified atom stereocenters. The van der Waals surface area contributed by atoms with Crippen molar-refractivity contribution in [1.82, 2.24) is 0 Å². The van der Waals surface area contributed by atoms with Crippen molar-refractivity contribution in [3.8, 4) is 0 Å². The van der Waals surface area contributed by atoms with Crippen molar-refractivity contribution >= 4 is 17.1 Å². The zero-order valence-corrected chi connectivity index (χ0v) is 10.1. The van der Waals surface area contributed by atoms with Crippen LogP contribution < -0.4 is 9.96 Å². The number of nitrogens with one attached hydrogen (secondary N) is 1. The second-order valence-electron chi connectivity index (χ2n) is 4.14. The van der Waals surface area contributed by atoms with Crippen molar-refractivity contribution in [3.05, 3.63) is 59.8 Å². The highest BCUT2D eigenvalue weighted by Gasteiger charge is 2.05. The van der Waals surface area contributed by atoms with E-state index in [1.807, 2.05) is 73.6 Å². The highest BCUT2D eigenvalue weighted by molar-refractivity contribution is 5.50. The summed E-state index contributed by atoms with van der Waals surface area (Å²) < 4.78 is 0. The first-order valence-electron chi connectivity index (χ1n) is 5.55. The molecule has 1 atom stereocenters. The Morgan fingerprint density at radius 3 is 1.88 bits per heavy atom. The number of anilines is 1. The SMILES string of the molecule is CN(C)c1ccc([NH+]([O-])c2ccccc2)cc1. The van der Waals surface area contributed by atoms with Crippen molar-refractivity contribution < 1.29 is 5.06 Å². The van der Waals surface area contributed by atoms with E-state index in [2.05, 4.69) is 0 Å². The minimum Gasteiger partial charge on any atom is -0.623 e. The number of benzene rings is 2. The number of nitrogens with zero attached hydrogens (tertiary/aromatic N) is 1. The van der Waals surface area contributed by atoms with E-state index in [1.165, 1.54) is 0 Å². The first kappa shape index (κ1) is 11.6. The van der Waals surface area contributed by atoms with Crippen LogP contribution in [0.25, 0.3) is 0 Å². The standard InChI is InChI=1S/C14H16N2O/c1-15(2)12-8-10-14(11-9-12)16(17)13-6-4-3-5-7-13/h3-11,16H,1-2H3. The van der Waals surface area contributed by atoms with E-state index in [4.69, 9.17) is 0 Å². The molecule has 0 heterocycles. The second kappa shape index (κ2) is 4.99. The number of hydrogen-bond donors (Lipinski definition) is 1. The third-order valence-electron chi connectivity index (χ3n) is 2.68. The largest absolute Gasteiger partial charge is 0.623 e. The molecule has 0 bridgehead atoms. The third kappa shape index (κ3) is 2.64. The Bertz CT molecular complexity index is 465. The van der Waals surface area contributed by atoms with Gasteiger partial charge >= 0.3 is 0 Å². The Kier molecular flexibility index (Phi) is 3.42. The van der Waals surface area contributed by atoms with Crippen LogP contribution in [0.15, 0.2) is 54.6 Å². The minimum absolute atomic E-state index is 0.0657. The topological polar surface area (TPSA) is 30.7 Å². The van der Waals surface area contributed by atoms with Gasteiger partial charge in [0.25, 0.3) is 0 Å². The van der Waals surface area contributed by atoms with Gasteiger partial charge in [-0.2, -0.15) is 0 Å². The maximum Gasteiger partial charge on any atom is 0.136 e. The van der Waals surface area contributed by atoms with E-state index < -0.39 is 0 Å². The summed E-state index contributed by atoms with van der Waals surface area (Å²) in [6.45, 7) is 0. The van der Waals surface area contributed by atoms with Crippen LogP contribution in [0.2, 0.25) is 0 Å². The number of quaternary nitrogens is 1.